The number of hydrogen-bond acceptors (Lipinski definition) is 3. The van der Waals surface area contributed by atoms with Crippen molar-refractivity contribution in [3.8, 4) is 11.1 Å². The molecule has 6 heteroatoms. The van der Waals surface area contributed by atoms with Crippen molar-refractivity contribution in [3.63, 3.8) is 0 Å². The number of carboxylic acids is 1. The minimum atomic E-state index is -1.11. The van der Waals surface area contributed by atoms with Crippen LogP contribution in [0.4, 0.5) is 0 Å². The molecule has 1 amide bonds. The molecule has 3 rings (SSSR count). The van der Waals surface area contributed by atoms with E-state index in [4.69, 9.17) is 21.1 Å². The van der Waals surface area contributed by atoms with E-state index in [1.807, 2.05) is 30.3 Å². The molecule has 1 heterocycles. The highest BCUT2D eigenvalue weighted by Gasteiger charge is 2.18. The number of carboxylic acid groups (broad SMARTS) is 1. The smallest absolute Gasteiger partial charge is 0.322 e. The number of furan rings is 1. The van der Waals surface area contributed by atoms with Gasteiger partial charge in [0.2, 0.25) is 0 Å². The minimum Gasteiger partial charge on any atom is -0.480 e. The molecule has 0 saturated carbocycles. The Bertz CT molecular complexity index is 928. The van der Waals surface area contributed by atoms with Crippen molar-refractivity contribution >= 4 is 34.4 Å². The summed E-state index contributed by atoms with van der Waals surface area (Å²) in [5.41, 5.74) is 3.16. The van der Waals surface area contributed by atoms with Crippen molar-refractivity contribution in [2.45, 2.75) is 6.92 Å². The van der Waals surface area contributed by atoms with E-state index in [1.165, 1.54) is 0 Å². The third-order valence-electron chi connectivity index (χ3n) is 3.72. The predicted molar refractivity (Wildman–Crippen MR) is 91.4 cm³/mol. The molecule has 0 aliphatic rings. The van der Waals surface area contributed by atoms with Gasteiger partial charge in [-0.25, -0.2) is 0 Å². The average Bonchev–Trinajstić information content (AvgIpc) is 2.90. The molecule has 0 atom stereocenters. The molecule has 2 aromatic carbocycles. The second-order valence-corrected chi connectivity index (χ2v) is 5.79. The van der Waals surface area contributed by atoms with Crippen LogP contribution in [-0.4, -0.2) is 23.5 Å². The van der Waals surface area contributed by atoms with Crippen LogP contribution in [0.15, 0.2) is 46.9 Å². The summed E-state index contributed by atoms with van der Waals surface area (Å²) in [5, 5.41) is 12.4. The van der Waals surface area contributed by atoms with Gasteiger partial charge in [0, 0.05) is 16.0 Å². The van der Waals surface area contributed by atoms with Crippen molar-refractivity contribution in [1.29, 1.82) is 0 Å². The number of fused-ring (bicyclic) bond motifs is 1. The molecule has 122 valence electrons. The van der Waals surface area contributed by atoms with E-state index < -0.39 is 18.4 Å². The summed E-state index contributed by atoms with van der Waals surface area (Å²) >= 11 is 5.90. The Labute approximate surface area is 142 Å². The Hall–Kier alpha value is -2.79. The zero-order valence-electron chi connectivity index (χ0n) is 12.8. The quantitative estimate of drug-likeness (QED) is 0.753. The van der Waals surface area contributed by atoms with Gasteiger partial charge < -0.3 is 14.8 Å². The van der Waals surface area contributed by atoms with E-state index in [0.29, 0.717) is 16.2 Å². The third kappa shape index (κ3) is 3.12. The summed E-state index contributed by atoms with van der Waals surface area (Å²) in [4.78, 5) is 22.6. The fraction of sp³-hybridized carbons (Fsp3) is 0.111. The summed E-state index contributed by atoms with van der Waals surface area (Å²) in [6.07, 6.45) is 0. The largest absolute Gasteiger partial charge is 0.480 e. The highest BCUT2D eigenvalue weighted by molar-refractivity contribution is 6.30. The van der Waals surface area contributed by atoms with Crippen molar-refractivity contribution in [2.24, 2.45) is 0 Å². The van der Waals surface area contributed by atoms with Gasteiger partial charge in [0.05, 0.1) is 0 Å². The zero-order chi connectivity index (χ0) is 17.3. The molecule has 0 radical (unpaired) electrons. The van der Waals surface area contributed by atoms with E-state index in [9.17, 15) is 9.59 Å². The Morgan fingerprint density at radius 3 is 2.46 bits per heavy atom. The first-order chi connectivity index (χ1) is 11.5. The summed E-state index contributed by atoms with van der Waals surface area (Å²) in [5.74, 6) is -1.53. The van der Waals surface area contributed by atoms with E-state index in [2.05, 4.69) is 5.32 Å². The maximum atomic E-state index is 12.0. The van der Waals surface area contributed by atoms with Crippen LogP contribution in [0.3, 0.4) is 0 Å². The van der Waals surface area contributed by atoms with Gasteiger partial charge in [0.1, 0.15) is 12.1 Å². The third-order valence-corrected chi connectivity index (χ3v) is 3.97. The van der Waals surface area contributed by atoms with Gasteiger partial charge >= 0.3 is 5.97 Å². The monoisotopic (exact) mass is 343 g/mol. The van der Waals surface area contributed by atoms with E-state index in [0.717, 1.165) is 16.5 Å². The SMILES string of the molecule is Cc1c(C(=O)NCC(=O)O)oc2cc(-c3ccc(Cl)cc3)ccc12. The minimum absolute atomic E-state index is 0.125. The molecule has 0 spiro atoms. The normalized spacial score (nSPS) is 10.8. The van der Waals surface area contributed by atoms with Gasteiger partial charge in [-0.3, -0.25) is 9.59 Å². The maximum Gasteiger partial charge on any atom is 0.322 e. The highest BCUT2D eigenvalue weighted by atomic mass is 35.5. The predicted octanol–water partition coefficient (Wildman–Crippen LogP) is 3.88. The van der Waals surface area contributed by atoms with E-state index >= 15 is 0 Å². The summed E-state index contributed by atoms with van der Waals surface area (Å²) in [6.45, 7) is 1.31. The Balaban J connectivity index is 1.97. The topological polar surface area (TPSA) is 79.5 Å². The number of benzene rings is 2. The second kappa shape index (κ2) is 6.37. The van der Waals surface area contributed by atoms with Gasteiger partial charge in [-0.2, -0.15) is 0 Å². The van der Waals surface area contributed by atoms with Crippen LogP contribution in [0.25, 0.3) is 22.1 Å². The van der Waals surface area contributed by atoms with Crippen LogP contribution in [0.5, 0.6) is 0 Å². The van der Waals surface area contributed by atoms with Gasteiger partial charge in [0.25, 0.3) is 5.91 Å². The number of hydrogen-bond donors (Lipinski definition) is 2. The zero-order valence-corrected chi connectivity index (χ0v) is 13.6. The number of amides is 1. The molecule has 0 fully saturated rings. The van der Waals surface area contributed by atoms with Crippen LogP contribution in [0.1, 0.15) is 16.1 Å². The van der Waals surface area contributed by atoms with Gasteiger partial charge in [-0.05, 0) is 36.2 Å². The van der Waals surface area contributed by atoms with Crippen LogP contribution < -0.4 is 5.32 Å². The first kappa shape index (κ1) is 16.1. The second-order valence-electron chi connectivity index (χ2n) is 5.35. The molecule has 3 aromatic rings. The Morgan fingerprint density at radius 1 is 1.12 bits per heavy atom. The number of nitrogens with one attached hydrogen (secondary N) is 1. The molecule has 24 heavy (non-hydrogen) atoms. The van der Waals surface area contributed by atoms with Gasteiger partial charge in [0.15, 0.2) is 5.76 Å². The lowest BCUT2D eigenvalue weighted by Gasteiger charge is -2.01. The number of aliphatic carboxylic acids is 1. The van der Waals surface area contributed by atoms with Crippen LogP contribution in [-0.2, 0) is 4.79 Å². The number of aryl methyl sites for hydroxylation is 1. The summed E-state index contributed by atoms with van der Waals surface area (Å²) < 4.78 is 5.65. The van der Waals surface area contributed by atoms with Crippen molar-refractivity contribution in [3.05, 3.63) is 58.8 Å². The van der Waals surface area contributed by atoms with Crippen molar-refractivity contribution < 1.29 is 19.1 Å². The first-order valence-corrected chi connectivity index (χ1v) is 7.62. The number of rotatable bonds is 4. The van der Waals surface area contributed by atoms with Gasteiger partial charge in [-0.1, -0.05) is 35.9 Å². The fourth-order valence-electron chi connectivity index (χ4n) is 2.50. The molecule has 0 bridgehead atoms. The molecular weight excluding hydrogens is 330 g/mol. The lowest BCUT2D eigenvalue weighted by atomic mass is 10.0. The van der Waals surface area contributed by atoms with E-state index in [1.54, 1.807) is 19.1 Å². The highest BCUT2D eigenvalue weighted by Crippen LogP contribution is 2.30. The number of carbonyl (C=O) groups excluding carboxylic acids is 1. The number of carbonyl (C=O) groups is 2. The first-order valence-electron chi connectivity index (χ1n) is 7.25. The molecular formula is C18H14ClNO4. The molecule has 0 aliphatic carbocycles. The molecule has 5 nitrogen and oxygen atoms in total. The summed E-state index contributed by atoms with van der Waals surface area (Å²) in [7, 11) is 0. The standard InChI is InChI=1S/C18H14ClNO4/c1-10-14-7-4-12(11-2-5-13(19)6-3-11)8-15(14)24-17(10)18(23)20-9-16(21)22/h2-8H,9H2,1H3,(H,20,23)(H,21,22). The molecule has 1 aromatic heterocycles. The van der Waals surface area contributed by atoms with Crippen LogP contribution >= 0.6 is 11.6 Å². The summed E-state index contributed by atoms with van der Waals surface area (Å²) in [6, 6.07) is 13.1. The lowest BCUT2D eigenvalue weighted by Crippen LogP contribution is -2.29. The molecule has 0 saturated heterocycles. The molecule has 0 aliphatic heterocycles. The Kier molecular flexibility index (Phi) is 4.27. The Morgan fingerprint density at radius 2 is 1.79 bits per heavy atom. The van der Waals surface area contributed by atoms with Crippen molar-refractivity contribution in [2.75, 3.05) is 6.54 Å². The van der Waals surface area contributed by atoms with Gasteiger partial charge in [-0.15, -0.1) is 0 Å². The fourth-order valence-corrected chi connectivity index (χ4v) is 2.63. The molecule has 2 N–H and O–H groups in total. The lowest BCUT2D eigenvalue weighted by molar-refractivity contribution is -0.135. The van der Waals surface area contributed by atoms with E-state index in [-0.39, 0.29) is 5.76 Å². The average molecular weight is 344 g/mol. The number of halogens is 1. The van der Waals surface area contributed by atoms with Crippen LogP contribution in [0, 0.1) is 6.92 Å². The van der Waals surface area contributed by atoms with Crippen LogP contribution in [0.2, 0.25) is 5.02 Å². The molecule has 0 unspecified atom stereocenters. The maximum absolute atomic E-state index is 12.0. The van der Waals surface area contributed by atoms with Crippen molar-refractivity contribution in [1.82, 2.24) is 5.32 Å².